The minimum atomic E-state index is -1.26. The Morgan fingerprint density at radius 2 is 0.900 bits per heavy atom. The van der Waals surface area contributed by atoms with Crippen LogP contribution in [0.3, 0.4) is 0 Å². The molecule has 0 saturated carbocycles. The van der Waals surface area contributed by atoms with Crippen molar-refractivity contribution in [3.63, 3.8) is 0 Å². The predicted molar refractivity (Wildman–Crippen MR) is 128 cm³/mol. The van der Waals surface area contributed by atoms with Crippen molar-refractivity contribution >= 4 is 8.38 Å². The molecule has 3 rings (SSSR count). The maximum atomic E-state index is 6.60. The van der Waals surface area contributed by atoms with Crippen LogP contribution in [0.15, 0.2) is 91.0 Å². The molecular weight excluding hydrogens is 387 g/mol. The van der Waals surface area contributed by atoms with Crippen LogP contribution in [0.1, 0.15) is 56.2 Å². The van der Waals surface area contributed by atoms with E-state index in [1.807, 2.05) is 0 Å². The Labute approximate surface area is 183 Å². The van der Waals surface area contributed by atoms with Gasteiger partial charge in [0, 0.05) is 0 Å². The Morgan fingerprint density at radius 3 is 1.20 bits per heavy atom. The number of benzene rings is 3. The van der Waals surface area contributed by atoms with Crippen molar-refractivity contribution in [3.8, 4) is 0 Å². The van der Waals surface area contributed by atoms with E-state index in [0.29, 0.717) is 13.2 Å². The van der Waals surface area contributed by atoms with Crippen LogP contribution < -0.4 is 0 Å². The summed E-state index contributed by atoms with van der Waals surface area (Å²) in [5, 5.41) is -0.486. The van der Waals surface area contributed by atoms with Crippen molar-refractivity contribution in [2.45, 2.75) is 44.7 Å². The molecule has 0 bridgehead atoms. The Bertz CT molecular complexity index is 730. The van der Waals surface area contributed by atoms with Gasteiger partial charge in [-0.3, -0.25) is 0 Å². The summed E-state index contributed by atoms with van der Waals surface area (Å²) in [5.41, 5.74) is 3.63. The third-order valence-electron chi connectivity index (χ3n) is 5.26. The van der Waals surface area contributed by atoms with Crippen molar-refractivity contribution in [3.05, 3.63) is 108 Å². The van der Waals surface area contributed by atoms with Gasteiger partial charge < -0.3 is 9.05 Å². The second kappa shape index (κ2) is 12.0. The van der Waals surface area contributed by atoms with Gasteiger partial charge in [-0.2, -0.15) is 0 Å². The van der Waals surface area contributed by atoms with Crippen LogP contribution in [0, 0.1) is 0 Å². The van der Waals surface area contributed by atoms with E-state index in [9.17, 15) is 0 Å². The molecule has 0 atom stereocenters. The fraction of sp³-hybridized carbons (Fsp3) is 0.333. The van der Waals surface area contributed by atoms with E-state index < -0.39 is 13.5 Å². The summed E-state index contributed by atoms with van der Waals surface area (Å²) in [6.07, 6.45) is 4.27. The maximum Gasteiger partial charge on any atom is 0.191 e. The molecule has 3 aromatic carbocycles. The lowest BCUT2D eigenvalue weighted by molar-refractivity contribution is 0.232. The number of unbranched alkanes of at least 4 members (excludes halogenated alkanes) is 2. The van der Waals surface area contributed by atoms with Gasteiger partial charge in [-0.1, -0.05) is 118 Å². The summed E-state index contributed by atoms with van der Waals surface area (Å²) in [7, 11) is -1.26. The Kier molecular flexibility index (Phi) is 9.08. The number of hydrogen-bond donors (Lipinski definition) is 0. The highest BCUT2D eigenvalue weighted by molar-refractivity contribution is 7.49. The summed E-state index contributed by atoms with van der Waals surface area (Å²) < 4.78 is 13.2. The SMILES string of the molecule is CCCCOP(OCCCC)C(c1ccccc1)(c1ccccc1)c1ccccc1. The largest absolute Gasteiger partial charge is 0.333 e. The van der Waals surface area contributed by atoms with Gasteiger partial charge in [0.15, 0.2) is 8.38 Å². The molecular formula is C27H33O2P. The van der Waals surface area contributed by atoms with Gasteiger partial charge in [-0.25, -0.2) is 0 Å². The van der Waals surface area contributed by atoms with E-state index in [1.54, 1.807) is 0 Å². The van der Waals surface area contributed by atoms with E-state index in [2.05, 4.69) is 105 Å². The molecule has 3 aromatic rings. The van der Waals surface area contributed by atoms with Crippen LogP contribution in [0.4, 0.5) is 0 Å². The zero-order valence-corrected chi connectivity index (χ0v) is 19.1. The first kappa shape index (κ1) is 22.7. The van der Waals surface area contributed by atoms with Crippen LogP contribution in [0.25, 0.3) is 0 Å². The van der Waals surface area contributed by atoms with Crippen LogP contribution in [-0.4, -0.2) is 13.2 Å². The molecule has 0 aromatic heterocycles. The molecule has 3 heteroatoms. The average molecular weight is 421 g/mol. The monoisotopic (exact) mass is 420 g/mol. The Hall–Kier alpha value is -1.99. The van der Waals surface area contributed by atoms with Gasteiger partial charge in [0.05, 0.1) is 13.2 Å². The van der Waals surface area contributed by atoms with E-state index in [1.165, 1.54) is 16.7 Å². The minimum absolute atomic E-state index is 0.486. The standard InChI is InChI=1S/C27H33O2P/c1-3-5-22-28-30(29-23-6-4-2)27(24-16-10-7-11-17-24,25-18-12-8-13-19-25)26-20-14-9-15-21-26/h7-21H,3-6,22-23H2,1-2H3. The highest BCUT2D eigenvalue weighted by Crippen LogP contribution is 2.64. The van der Waals surface area contributed by atoms with Crippen molar-refractivity contribution in [1.29, 1.82) is 0 Å². The van der Waals surface area contributed by atoms with E-state index >= 15 is 0 Å². The number of hydrogen-bond acceptors (Lipinski definition) is 2. The molecule has 0 radical (unpaired) electrons. The molecule has 0 unspecified atom stereocenters. The van der Waals surface area contributed by atoms with Crippen LogP contribution in [0.5, 0.6) is 0 Å². The summed E-state index contributed by atoms with van der Waals surface area (Å²) in [6, 6.07) is 32.2. The minimum Gasteiger partial charge on any atom is -0.333 e. The molecule has 0 aliphatic rings. The molecule has 30 heavy (non-hydrogen) atoms. The molecule has 0 saturated heterocycles. The number of rotatable bonds is 12. The first-order valence-corrected chi connectivity index (χ1v) is 12.2. The van der Waals surface area contributed by atoms with Gasteiger partial charge in [0.25, 0.3) is 0 Å². The van der Waals surface area contributed by atoms with Gasteiger partial charge in [0.2, 0.25) is 0 Å². The fourth-order valence-corrected chi connectivity index (χ4v) is 5.80. The summed E-state index contributed by atoms with van der Waals surface area (Å²) in [6.45, 7) is 5.82. The maximum absolute atomic E-state index is 6.60. The fourth-order valence-electron chi connectivity index (χ4n) is 3.67. The summed E-state index contributed by atoms with van der Waals surface area (Å²) in [5.74, 6) is 0. The van der Waals surface area contributed by atoms with Crippen molar-refractivity contribution in [2.75, 3.05) is 13.2 Å². The lowest BCUT2D eigenvalue weighted by Crippen LogP contribution is -2.29. The third-order valence-corrected chi connectivity index (χ3v) is 7.42. The van der Waals surface area contributed by atoms with Gasteiger partial charge in [-0.15, -0.1) is 0 Å². The van der Waals surface area contributed by atoms with Gasteiger partial charge >= 0.3 is 0 Å². The second-order valence-electron chi connectivity index (χ2n) is 7.44. The van der Waals surface area contributed by atoms with Crippen LogP contribution in [-0.2, 0) is 14.2 Å². The summed E-state index contributed by atoms with van der Waals surface area (Å²) >= 11 is 0. The zero-order chi connectivity index (χ0) is 21.1. The van der Waals surface area contributed by atoms with Crippen molar-refractivity contribution in [2.24, 2.45) is 0 Å². The zero-order valence-electron chi connectivity index (χ0n) is 18.2. The van der Waals surface area contributed by atoms with Gasteiger partial charge in [0.1, 0.15) is 5.16 Å². The molecule has 0 aliphatic heterocycles. The molecule has 2 nitrogen and oxygen atoms in total. The molecule has 0 N–H and O–H groups in total. The molecule has 0 heterocycles. The first-order chi connectivity index (χ1) is 14.8. The third kappa shape index (κ3) is 5.19. The topological polar surface area (TPSA) is 18.5 Å². The molecule has 0 fully saturated rings. The normalized spacial score (nSPS) is 11.7. The Balaban J connectivity index is 2.21. The molecule has 0 aliphatic carbocycles. The average Bonchev–Trinajstić information content (AvgIpc) is 2.82. The lowest BCUT2D eigenvalue weighted by atomic mass is 9.84. The van der Waals surface area contributed by atoms with Crippen LogP contribution in [0.2, 0.25) is 0 Å². The second-order valence-corrected chi connectivity index (χ2v) is 9.14. The summed E-state index contributed by atoms with van der Waals surface area (Å²) in [4.78, 5) is 0. The molecule has 0 spiro atoms. The van der Waals surface area contributed by atoms with Gasteiger partial charge in [-0.05, 0) is 29.5 Å². The van der Waals surface area contributed by atoms with E-state index in [-0.39, 0.29) is 0 Å². The highest BCUT2D eigenvalue weighted by atomic mass is 31.2. The Morgan fingerprint density at radius 1 is 0.567 bits per heavy atom. The first-order valence-electron chi connectivity index (χ1n) is 11.1. The molecule has 158 valence electrons. The van der Waals surface area contributed by atoms with E-state index in [4.69, 9.17) is 9.05 Å². The smallest absolute Gasteiger partial charge is 0.191 e. The molecule has 0 amide bonds. The van der Waals surface area contributed by atoms with E-state index in [0.717, 1.165) is 25.7 Å². The van der Waals surface area contributed by atoms with Crippen molar-refractivity contribution < 1.29 is 9.05 Å². The van der Waals surface area contributed by atoms with Crippen molar-refractivity contribution in [1.82, 2.24) is 0 Å². The quantitative estimate of drug-likeness (QED) is 0.168. The highest BCUT2D eigenvalue weighted by Gasteiger charge is 2.46. The van der Waals surface area contributed by atoms with Crippen LogP contribution >= 0.6 is 8.38 Å². The predicted octanol–water partition coefficient (Wildman–Crippen LogP) is 7.92. The lowest BCUT2D eigenvalue weighted by Gasteiger charge is -2.40.